The van der Waals surface area contributed by atoms with Gasteiger partial charge in [0.2, 0.25) is 0 Å². The molecule has 0 atom stereocenters. The van der Waals surface area contributed by atoms with Crippen molar-refractivity contribution in [1.82, 2.24) is 15.2 Å². The zero-order valence-electron chi connectivity index (χ0n) is 7.44. The van der Waals surface area contributed by atoms with Gasteiger partial charge < -0.3 is 5.11 Å². The van der Waals surface area contributed by atoms with E-state index in [1.165, 1.54) is 12.3 Å². The van der Waals surface area contributed by atoms with Crippen LogP contribution < -0.4 is 0 Å². The number of aromatic carboxylic acids is 1. The van der Waals surface area contributed by atoms with Gasteiger partial charge in [0.1, 0.15) is 11.4 Å². The fourth-order valence-electron chi connectivity index (χ4n) is 1.09. The highest BCUT2D eigenvalue weighted by atomic mass is 35.5. The molecule has 76 valence electrons. The summed E-state index contributed by atoms with van der Waals surface area (Å²) in [5, 5.41) is 15.4. The zero-order chi connectivity index (χ0) is 10.8. The first-order valence-corrected chi connectivity index (χ1v) is 4.45. The van der Waals surface area contributed by atoms with Crippen molar-refractivity contribution in [3.8, 4) is 11.4 Å². The summed E-state index contributed by atoms with van der Waals surface area (Å²) >= 11 is 5.67. The summed E-state index contributed by atoms with van der Waals surface area (Å²) in [6.07, 6.45) is 1.48. The molecule has 5 nitrogen and oxygen atoms in total. The van der Waals surface area contributed by atoms with Crippen molar-refractivity contribution in [3.05, 3.63) is 35.1 Å². The first-order valence-electron chi connectivity index (χ1n) is 4.07. The third-order valence-corrected chi connectivity index (χ3v) is 2.02. The first kappa shape index (κ1) is 9.67. The number of carboxylic acid groups (broad SMARTS) is 1. The second-order valence-corrected chi connectivity index (χ2v) is 3.27. The van der Waals surface area contributed by atoms with E-state index in [0.717, 1.165) is 0 Å². The molecule has 15 heavy (non-hydrogen) atoms. The highest BCUT2D eigenvalue weighted by Gasteiger charge is 2.09. The molecule has 2 aromatic heterocycles. The van der Waals surface area contributed by atoms with Gasteiger partial charge in [-0.1, -0.05) is 11.6 Å². The van der Waals surface area contributed by atoms with Crippen LogP contribution >= 0.6 is 11.6 Å². The van der Waals surface area contributed by atoms with E-state index in [9.17, 15) is 4.79 Å². The van der Waals surface area contributed by atoms with E-state index in [1.807, 2.05) is 0 Å². The maximum Gasteiger partial charge on any atom is 0.353 e. The second-order valence-electron chi connectivity index (χ2n) is 2.83. The van der Waals surface area contributed by atoms with Gasteiger partial charge >= 0.3 is 5.97 Å². The molecule has 0 bridgehead atoms. The average molecular weight is 224 g/mol. The maximum atomic E-state index is 10.6. The van der Waals surface area contributed by atoms with E-state index in [4.69, 9.17) is 16.7 Å². The lowest BCUT2D eigenvalue weighted by Crippen LogP contribution is -1.95. The molecular formula is C9H6ClN3O2. The third kappa shape index (κ3) is 1.97. The molecule has 2 N–H and O–H groups in total. The quantitative estimate of drug-likeness (QED) is 0.814. The molecule has 0 saturated carbocycles. The Morgan fingerprint density at radius 1 is 1.40 bits per heavy atom. The van der Waals surface area contributed by atoms with Crippen LogP contribution in [0, 0.1) is 0 Å². The Balaban J connectivity index is 2.37. The van der Waals surface area contributed by atoms with Gasteiger partial charge in [0.25, 0.3) is 0 Å². The predicted octanol–water partition coefficient (Wildman–Crippen LogP) is 1.82. The first-order chi connectivity index (χ1) is 7.16. The highest BCUT2D eigenvalue weighted by Crippen LogP contribution is 2.16. The minimum atomic E-state index is -1.05. The standard InChI is InChI=1S/C9H6ClN3O2/c10-5-1-2-6(11-4-5)7-3-8(9(14)15)13-12-7/h1-4H,(H,12,13)(H,14,15). The molecule has 0 aromatic carbocycles. The lowest BCUT2D eigenvalue weighted by atomic mass is 10.2. The summed E-state index contributed by atoms with van der Waals surface area (Å²) in [7, 11) is 0. The van der Waals surface area contributed by atoms with Gasteiger partial charge in [-0.05, 0) is 12.1 Å². The van der Waals surface area contributed by atoms with Crippen molar-refractivity contribution >= 4 is 17.6 Å². The maximum absolute atomic E-state index is 10.6. The van der Waals surface area contributed by atoms with Gasteiger partial charge in [-0.2, -0.15) is 5.10 Å². The molecule has 2 heterocycles. The van der Waals surface area contributed by atoms with Gasteiger partial charge in [0, 0.05) is 12.3 Å². The number of aromatic nitrogens is 3. The van der Waals surface area contributed by atoms with E-state index in [2.05, 4.69) is 15.2 Å². The SMILES string of the molecule is O=C(O)c1cc(-c2ccc(Cl)cn2)n[nH]1. The molecule has 6 heteroatoms. The molecule has 2 rings (SSSR count). The van der Waals surface area contributed by atoms with E-state index in [0.29, 0.717) is 16.4 Å². The number of nitrogens with zero attached hydrogens (tertiary/aromatic N) is 2. The van der Waals surface area contributed by atoms with Crippen LogP contribution in [-0.2, 0) is 0 Å². The van der Waals surface area contributed by atoms with Gasteiger partial charge in [-0.3, -0.25) is 10.1 Å². The van der Waals surface area contributed by atoms with Crippen molar-refractivity contribution in [2.75, 3.05) is 0 Å². The van der Waals surface area contributed by atoms with Crippen LogP contribution in [0.5, 0.6) is 0 Å². The Bertz CT molecular complexity index is 492. The van der Waals surface area contributed by atoms with Crippen molar-refractivity contribution in [2.45, 2.75) is 0 Å². The normalized spacial score (nSPS) is 10.2. The minimum Gasteiger partial charge on any atom is -0.477 e. The number of hydrogen-bond acceptors (Lipinski definition) is 3. The predicted molar refractivity (Wildman–Crippen MR) is 53.8 cm³/mol. The second kappa shape index (κ2) is 3.70. The number of rotatable bonds is 2. The van der Waals surface area contributed by atoms with Crippen LogP contribution in [0.2, 0.25) is 5.02 Å². The Labute approximate surface area is 89.7 Å². The average Bonchev–Trinajstić information content (AvgIpc) is 2.68. The van der Waals surface area contributed by atoms with E-state index in [-0.39, 0.29) is 5.69 Å². The van der Waals surface area contributed by atoms with Crippen LogP contribution in [0.25, 0.3) is 11.4 Å². The lowest BCUT2D eigenvalue weighted by molar-refractivity contribution is 0.0690. The monoisotopic (exact) mass is 223 g/mol. The van der Waals surface area contributed by atoms with Gasteiger partial charge in [0.05, 0.1) is 10.7 Å². The molecule has 0 saturated heterocycles. The number of pyridine rings is 1. The molecule has 2 aromatic rings. The summed E-state index contributed by atoms with van der Waals surface area (Å²) in [5.41, 5.74) is 1.08. The van der Waals surface area contributed by atoms with Crippen molar-refractivity contribution in [3.63, 3.8) is 0 Å². The fourth-order valence-corrected chi connectivity index (χ4v) is 1.20. The van der Waals surface area contributed by atoms with Crippen LogP contribution in [0.1, 0.15) is 10.5 Å². The molecule has 0 aliphatic carbocycles. The molecule has 0 radical (unpaired) electrons. The van der Waals surface area contributed by atoms with Crippen LogP contribution in [0.4, 0.5) is 0 Å². The van der Waals surface area contributed by atoms with E-state index >= 15 is 0 Å². The summed E-state index contributed by atoms with van der Waals surface area (Å²) in [5.74, 6) is -1.05. The third-order valence-electron chi connectivity index (χ3n) is 1.80. The minimum absolute atomic E-state index is 0.0294. The Morgan fingerprint density at radius 3 is 2.73 bits per heavy atom. The van der Waals surface area contributed by atoms with Crippen LogP contribution in [0.3, 0.4) is 0 Å². The fraction of sp³-hybridized carbons (Fsp3) is 0. The Kier molecular flexibility index (Phi) is 2.39. The van der Waals surface area contributed by atoms with Crippen molar-refractivity contribution in [2.24, 2.45) is 0 Å². The molecule has 0 unspecified atom stereocenters. The van der Waals surface area contributed by atoms with Gasteiger partial charge in [-0.15, -0.1) is 0 Å². The number of carboxylic acids is 1. The number of halogens is 1. The van der Waals surface area contributed by atoms with E-state index in [1.54, 1.807) is 12.1 Å². The summed E-state index contributed by atoms with van der Waals surface area (Å²) in [6, 6.07) is 4.75. The number of H-pyrrole nitrogens is 1. The van der Waals surface area contributed by atoms with Crippen molar-refractivity contribution in [1.29, 1.82) is 0 Å². The molecule has 0 aliphatic heterocycles. The van der Waals surface area contributed by atoms with Gasteiger partial charge in [0.15, 0.2) is 0 Å². The molecule has 0 amide bonds. The number of hydrogen-bond donors (Lipinski definition) is 2. The molecule has 0 spiro atoms. The van der Waals surface area contributed by atoms with E-state index < -0.39 is 5.97 Å². The molecular weight excluding hydrogens is 218 g/mol. The Hall–Kier alpha value is -1.88. The number of aromatic amines is 1. The Morgan fingerprint density at radius 2 is 2.20 bits per heavy atom. The summed E-state index contributed by atoms with van der Waals surface area (Å²) < 4.78 is 0. The summed E-state index contributed by atoms with van der Waals surface area (Å²) in [6.45, 7) is 0. The van der Waals surface area contributed by atoms with Crippen LogP contribution in [0.15, 0.2) is 24.4 Å². The summed E-state index contributed by atoms with van der Waals surface area (Å²) in [4.78, 5) is 14.6. The molecule has 0 aliphatic rings. The van der Waals surface area contributed by atoms with Crippen molar-refractivity contribution < 1.29 is 9.90 Å². The lowest BCUT2D eigenvalue weighted by Gasteiger charge is -1.93. The topological polar surface area (TPSA) is 78.9 Å². The highest BCUT2D eigenvalue weighted by molar-refractivity contribution is 6.30. The molecule has 0 fully saturated rings. The largest absolute Gasteiger partial charge is 0.477 e. The number of nitrogens with one attached hydrogen (secondary N) is 1. The smallest absolute Gasteiger partial charge is 0.353 e. The zero-order valence-corrected chi connectivity index (χ0v) is 8.19. The van der Waals surface area contributed by atoms with Gasteiger partial charge in [-0.25, -0.2) is 4.79 Å². The van der Waals surface area contributed by atoms with Crippen LogP contribution in [-0.4, -0.2) is 26.3 Å². The number of carbonyl (C=O) groups is 1.